The van der Waals surface area contributed by atoms with Gasteiger partial charge in [0.15, 0.2) is 0 Å². The van der Waals surface area contributed by atoms with Crippen LogP contribution in [0.1, 0.15) is 46.8 Å². The third-order valence-electron chi connectivity index (χ3n) is 4.60. The van der Waals surface area contributed by atoms with E-state index in [0.29, 0.717) is 16.4 Å². The number of rotatable bonds is 3. The van der Waals surface area contributed by atoms with E-state index < -0.39 is 5.91 Å². The molecule has 2 heterocycles. The number of hydrogen-bond donors (Lipinski definition) is 2. The molecule has 5 nitrogen and oxygen atoms in total. The maximum atomic E-state index is 12.5. The lowest BCUT2D eigenvalue weighted by atomic mass is 10.1. The molecule has 4 rings (SSSR count). The average Bonchev–Trinajstić information content (AvgIpc) is 3.19. The molecule has 2 N–H and O–H groups in total. The lowest BCUT2D eigenvalue weighted by Gasteiger charge is -2.11. The number of halogens is 1. The molecule has 128 valence electrons. The number of furan rings is 1. The minimum atomic E-state index is -0.401. The van der Waals surface area contributed by atoms with Crippen molar-refractivity contribution in [2.45, 2.75) is 32.2 Å². The molecule has 1 aliphatic rings. The van der Waals surface area contributed by atoms with Crippen molar-refractivity contribution < 1.29 is 9.21 Å². The van der Waals surface area contributed by atoms with Gasteiger partial charge in [0.2, 0.25) is 0 Å². The lowest BCUT2D eigenvalue weighted by Crippen LogP contribution is -2.32. The zero-order valence-corrected chi connectivity index (χ0v) is 14.4. The molecule has 0 radical (unpaired) electrons. The summed E-state index contributed by atoms with van der Waals surface area (Å²) < 4.78 is 5.77. The molecule has 0 saturated carbocycles. The molecular formula is C19H17ClN2O3. The summed E-state index contributed by atoms with van der Waals surface area (Å²) in [4.78, 5) is 27.5. The van der Waals surface area contributed by atoms with Gasteiger partial charge < -0.3 is 14.7 Å². The Labute approximate surface area is 149 Å². The highest BCUT2D eigenvalue weighted by Crippen LogP contribution is 2.26. The summed E-state index contributed by atoms with van der Waals surface area (Å²) in [6.07, 6.45) is 2.77. The number of pyridine rings is 1. The standard InChI is InChI=1S/C19H17ClN2O3/c1-10(17-9-12-7-13(20)5-6-16(12)25-17)21-18(23)14-8-11-3-2-4-15(11)22-19(14)24/h5-10H,2-4H2,1H3,(H,21,23)(H,22,24). The van der Waals surface area contributed by atoms with Crippen molar-refractivity contribution in [1.29, 1.82) is 0 Å². The van der Waals surface area contributed by atoms with Crippen LogP contribution in [-0.2, 0) is 12.8 Å². The number of carbonyl (C=O) groups excluding carboxylic acids is 1. The topological polar surface area (TPSA) is 75.1 Å². The fourth-order valence-corrected chi connectivity index (χ4v) is 3.46. The number of nitrogens with one attached hydrogen (secondary N) is 2. The van der Waals surface area contributed by atoms with E-state index in [9.17, 15) is 9.59 Å². The first-order valence-corrected chi connectivity index (χ1v) is 8.64. The molecule has 0 saturated heterocycles. The summed E-state index contributed by atoms with van der Waals surface area (Å²) in [5.74, 6) is 0.213. The Hall–Kier alpha value is -2.53. The average molecular weight is 357 g/mol. The molecule has 0 spiro atoms. The molecule has 1 unspecified atom stereocenters. The van der Waals surface area contributed by atoms with E-state index in [2.05, 4.69) is 10.3 Å². The van der Waals surface area contributed by atoms with Gasteiger partial charge in [-0.3, -0.25) is 9.59 Å². The molecule has 0 fully saturated rings. The van der Waals surface area contributed by atoms with Gasteiger partial charge >= 0.3 is 0 Å². The first-order valence-electron chi connectivity index (χ1n) is 8.26. The van der Waals surface area contributed by atoms with E-state index in [-0.39, 0.29) is 17.2 Å². The van der Waals surface area contributed by atoms with Crippen LogP contribution < -0.4 is 10.9 Å². The second-order valence-corrected chi connectivity index (χ2v) is 6.83. The molecular weight excluding hydrogens is 340 g/mol. The maximum absolute atomic E-state index is 12.5. The molecule has 1 atom stereocenters. The van der Waals surface area contributed by atoms with Gasteiger partial charge in [-0.25, -0.2) is 0 Å². The minimum absolute atomic E-state index is 0.145. The zero-order valence-electron chi connectivity index (χ0n) is 13.7. The highest BCUT2D eigenvalue weighted by molar-refractivity contribution is 6.31. The van der Waals surface area contributed by atoms with Gasteiger partial charge in [-0.1, -0.05) is 11.6 Å². The number of amides is 1. The van der Waals surface area contributed by atoms with Crippen LogP contribution in [0.5, 0.6) is 0 Å². The van der Waals surface area contributed by atoms with E-state index in [0.717, 1.165) is 35.9 Å². The van der Waals surface area contributed by atoms with Crippen LogP contribution in [0.15, 0.2) is 39.5 Å². The third-order valence-corrected chi connectivity index (χ3v) is 4.84. The Morgan fingerprint density at radius 3 is 2.96 bits per heavy atom. The van der Waals surface area contributed by atoms with Crippen LogP contribution >= 0.6 is 11.6 Å². The number of aromatic amines is 1. The number of hydrogen-bond acceptors (Lipinski definition) is 3. The molecule has 0 bridgehead atoms. The van der Waals surface area contributed by atoms with Crippen LogP contribution in [0.4, 0.5) is 0 Å². The van der Waals surface area contributed by atoms with Crippen LogP contribution in [0.2, 0.25) is 5.02 Å². The molecule has 2 aromatic heterocycles. The largest absolute Gasteiger partial charge is 0.459 e. The summed E-state index contributed by atoms with van der Waals surface area (Å²) in [5.41, 5.74) is 2.50. The molecule has 1 amide bonds. The summed E-state index contributed by atoms with van der Waals surface area (Å²) in [6.45, 7) is 1.82. The van der Waals surface area contributed by atoms with Crippen molar-refractivity contribution >= 4 is 28.5 Å². The Kier molecular flexibility index (Phi) is 3.88. The fourth-order valence-electron chi connectivity index (χ4n) is 3.28. The molecule has 25 heavy (non-hydrogen) atoms. The van der Waals surface area contributed by atoms with Crippen LogP contribution in [0.3, 0.4) is 0 Å². The third kappa shape index (κ3) is 2.96. The molecule has 0 aliphatic heterocycles. The Morgan fingerprint density at radius 2 is 2.12 bits per heavy atom. The fraction of sp³-hybridized carbons (Fsp3) is 0.263. The van der Waals surface area contributed by atoms with Crippen molar-refractivity contribution in [1.82, 2.24) is 10.3 Å². The number of H-pyrrole nitrogens is 1. The Bertz CT molecular complexity index is 1030. The van der Waals surface area contributed by atoms with Crippen molar-refractivity contribution in [3.8, 4) is 0 Å². The zero-order chi connectivity index (χ0) is 17.6. The molecule has 1 aliphatic carbocycles. The number of aryl methyl sites for hydroxylation is 2. The molecule has 3 aromatic rings. The van der Waals surface area contributed by atoms with Gasteiger partial charge in [0.1, 0.15) is 16.9 Å². The van der Waals surface area contributed by atoms with Gasteiger partial charge in [-0.05, 0) is 62.1 Å². The van der Waals surface area contributed by atoms with Crippen LogP contribution in [-0.4, -0.2) is 10.9 Å². The Balaban J connectivity index is 1.58. The first-order chi connectivity index (χ1) is 12.0. The minimum Gasteiger partial charge on any atom is -0.459 e. The van der Waals surface area contributed by atoms with E-state index in [1.165, 1.54) is 0 Å². The van der Waals surface area contributed by atoms with Crippen LogP contribution in [0.25, 0.3) is 11.0 Å². The highest BCUT2D eigenvalue weighted by atomic mass is 35.5. The van der Waals surface area contributed by atoms with Gasteiger partial charge in [-0.2, -0.15) is 0 Å². The maximum Gasteiger partial charge on any atom is 0.261 e. The second kappa shape index (κ2) is 6.08. The smallest absolute Gasteiger partial charge is 0.261 e. The van der Waals surface area contributed by atoms with E-state index in [1.54, 1.807) is 18.2 Å². The molecule has 6 heteroatoms. The van der Waals surface area contributed by atoms with E-state index >= 15 is 0 Å². The Morgan fingerprint density at radius 1 is 1.28 bits per heavy atom. The molecule has 1 aromatic carbocycles. The van der Waals surface area contributed by atoms with Crippen molar-refractivity contribution in [2.24, 2.45) is 0 Å². The predicted molar refractivity (Wildman–Crippen MR) is 96.2 cm³/mol. The normalized spacial score (nSPS) is 14.5. The summed E-state index contributed by atoms with van der Waals surface area (Å²) >= 11 is 5.99. The number of fused-ring (bicyclic) bond motifs is 2. The van der Waals surface area contributed by atoms with Crippen molar-refractivity contribution in [3.63, 3.8) is 0 Å². The summed E-state index contributed by atoms with van der Waals surface area (Å²) in [5, 5.41) is 4.33. The number of aromatic nitrogens is 1. The summed E-state index contributed by atoms with van der Waals surface area (Å²) in [7, 11) is 0. The number of benzene rings is 1. The summed E-state index contributed by atoms with van der Waals surface area (Å²) in [6, 6.07) is 8.54. The highest BCUT2D eigenvalue weighted by Gasteiger charge is 2.21. The van der Waals surface area contributed by atoms with Crippen molar-refractivity contribution in [2.75, 3.05) is 0 Å². The van der Waals surface area contributed by atoms with Crippen molar-refractivity contribution in [3.05, 3.63) is 68.3 Å². The van der Waals surface area contributed by atoms with Gasteiger partial charge in [0.05, 0.1) is 6.04 Å². The van der Waals surface area contributed by atoms with Crippen LogP contribution in [0, 0.1) is 0 Å². The lowest BCUT2D eigenvalue weighted by molar-refractivity contribution is 0.0934. The van der Waals surface area contributed by atoms with Gasteiger partial charge in [0.25, 0.3) is 11.5 Å². The SMILES string of the molecule is CC(NC(=O)c1cc2c([nH]c1=O)CCC2)c1cc2cc(Cl)ccc2o1. The monoisotopic (exact) mass is 356 g/mol. The first kappa shape index (κ1) is 16.0. The number of carbonyl (C=O) groups is 1. The van der Waals surface area contributed by atoms with Gasteiger partial charge in [0, 0.05) is 16.1 Å². The second-order valence-electron chi connectivity index (χ2n) is 6.40. The van der Waals surface area contributed by atoms with E-state index in [1.807, 2.05) is 19.1 Å². The quantitative estimate of drug-likeness (QED) is 0.750. The van der Waals surface area contributed by atoms with Gasteiger partial charge in [-0.15, -0.1) is 0 Å². The van der Waals surface area contributed by atoms with E-state index in [4.69, 9.17) is 16.0 Å². The predicted octanol–water partition coefficient (Wildman–Crippen LogP) is 3.75.